The zero-order valence-corrected chi connectivity index (χ0v) is 10.1. The maximum absolute atomic E-state index is 10.9. The van der Waals surface area contributed by atoms with Crippen molar-refractivity contribution in [3.05, 3.63) is 0 Å². The molecule has 18 heavy (non-hydrogen) atoms. The molecule has 1 aliphatic rings. The van der Waals surface area contributed by atoms with Crippen LogP contribution in [0.4, 0.5) is 0 Å². The molecule has 104 valence electrons. The minimum Gasteiger partial charge on any atom is -0.457 e. The first-order chi connectivity index (χ1) is 8.36. The SMILES string of the molecule is CC(=O)N[C@H]1[C@@H](O)[C@H](OC(C)=O)[C@H](CO)O[C@H]1O. The minimum absolute atomic E-state index is 0.481. The zero-order chi connectivity index (χ0) is 13.9. The maximum atomic E-state index is 10.9. The Hall–Kier alpha value is -1.22. The monoisotopic (exact) mass is 263 g/mol. The second kappa shape index (κ2) is 6.10. The average molecular weight is 263 g/mol. The molecule has 1 heterocycles. The number of nitrogens with one attached hydrogen (secondary N) is 1. The number of aliphatic hydroxyl groups excluding tert-OH is 3. The fraction of sp³-hybridized carbons (Fsp3) is 0.800. The first-order valence-corrected chi connectivity index (χ1v) is 5.43. The summed E-state index contributed by atoms with van der Waals surface area (Å²) in [6.45, 7) is 1.80. The van der Waals surface area contributed by atoms with E-state index >= 15 is 0 Å². The Kier molecular flexibility index (Phi) is 5.03. The molecule has 0 bridgehead atoms. The predicted molar refractivity (Wildman–Crippen MR) is 57.1 cm³/mol. The number of hydrogen-bond donors (Lipinski definition) is 4. The predicted octanol–water partition coefficient (Wildman–Crippen LogP) is -2.51. The van der Waals surface area contributed by atoms with Gasteiger partial charge in [-0.15, -0.1) is 0 Å². The van der Waals surface area contributed by atoms with Crippen molar-refractivity contribution in [1.29, 1.82) is 0 Å². The van der Waals surface area contributed by atoms with Gasteiger partial charge in [0.25, 0.3) is 0 Å². The van der Waals surface area contributed by atoms with E-state index in [-0.39, 0.29) is 0 Å². The Bertz CT molecular complexity index is 321. The second-order valence-electron chi connectivity index (χ2n) is 4.04. The van der Waals surface area contributed by atoms with Gasteiger partial charge in [-0.25, -0.2) is 0 Å². The summed E-state index contributed by atoms with van der Waals surface area (Å²) < 4.78 is 9.82. The Balaban J connectivity index is 2.84. The van der Waals surface area contributed by atoms with Gasteiger partial charge in [-0.3, -0.25) is 9.59 Å². The van der Waals surface area contributed by atoms with Crippen molar-refractivity contribution in [3.8, 4) is 0 Å². The van der Waals surface area contributed by atoms with Crippen LogP contribution in [0.15, 0.2) is 0 Å². The van der Waals surface area contributed by atoms with E-state index in [1.807, 2.05) is 0 Å². The molecule has 0 aromatic rings. The highest BCUT2D eigenvalue weighted by Crippen LogP contribution is 2.22. The fourth-order valence-electron chi connectivity index (χ4n) is 1.81. The van der Waals surface area contributed by atoms with Crippen LogP contribution in [0.5, 0.6) is 0 Å². The highest BCUT2D eigenvalue weighted by Gasteiger charge is 2.46. The molecule has 4 N–H and O–H groups in total. The summed E-state index contributed by atoms with van der Waals surface area (Å²) in [4.78, 5) is 21.8. The third-order valence-corrected chi connectivity index (χ3v) is 2.54. The normalized spacial score (nSPS) is 35.9. The molecule has 0 aromatic heterocycles. The topological polar surface area (TPSA) is 125 Å². The molecule has 0 saturated carbocycles. The van der Waals surface area contributed by atoms with Gasteiger partial charge >= 0.3 is 5.97 Å². The lowest BCUT2D eigenvalue weighted by Crippen LogP contribution is -2.64. The molecule has 0 spiro atoms. The number of aliphatic hydroxyl groups is 3. The van der Waals surface area contributed by atoms with Crippen LogP contribution < -0.4 is 5.32 Å². The summed E-state index contributed by atoms with van der Waals surface area (Å²) in [5, 5.41) is 30.9. The van der Waals surface area contributed by atoms with Crippen LogP contribution in [0.1, 0.15) is 13.8 Å². The average Bonchev–Trinajstić information content (AvgIpc) is 2.27. The van der Waals surface area contributed by atoms with E-state index in [4.69, 9.17) is 14.6 Å². The third-order valence-electron chi connectivity index (χ3n) is 2.54. The van der Waals surface area contributed by atoms with E-state index in [0.29, 0.717) is 0 Å². The highest BCUT2D eigenvalue weighted by molar-refractivity contribution is 5.73. The molecular formula is C10H17NO7. The molecule has 1 rings (SSSR count). The van der Waals surface area contributed by atoms with E-state index in [2.05, 4.69) is 5.32 Å². The van der Waals surface area contributed by atoms with E-state index in [0.717, 1.165) is 6.92 Å². The van der Waals surface area contributed by atoms with Gasteiger partial charge in [-0.2, -0.15) is 0 Å². The van der Waals surface area contributed by atoms with Crippen LogP contribution in [0, 0.1) is 0 Å². The number of ether oxygens (including phenoxy) is 2. The molecule has 5 atom stereocenters. The first kappa shape index (κ1) is 14.8. The van der Waals surface area contributed by atoms with Crippen molar-refractivity contribution in [1.82, 2.24) is 5.32 Å². The number of amides is 1. The second-order valence-corrected chi connectivity index (χ2v) is 4.04. The van der Waals surface area contributed by atoms with E-state index in [9.17, 15) is 19.8 Å². The summed E-state index contributed by atoms with van der Waals surface area (Å²) in [5.74, 6) is -1.15. The van der Waals surface area contributed by atoms with E-state index in [1.165, 1.54) is 6.92 Å². The van der Waals surface area contributed by atoms with Crippen LogP contribution in [0.2, 0.25) is 0 Å². The van der Waals surface area contributed by atoms with Gasteiger partial charge in [0.15, 0.2) is 12.4 Å². The van der Waals surface area contributed by atoms with Crippen LogP contribution in [-0.2, 0) is 19.1 Å². The molecule has 0 unspecified atom stereocenters. The summed E-state index contributed by atoms with van der Waals surface area (Å²) in [6.07, 6.45) is -5.08. The molecule has 8 nitrogen and oxygen atoms in total. The van der Waals surface area contributed by atoms with Crippen LogP contribution in [0.3, 0.4) is 0 Å². The van der Waals surface area contributed by atoms with Gasteiger partial charge in [-0.05, 0) is 0 Å². The van der Waals surface area contributed by atoms with Crippen molar-refractivity contribution in [2.24, 2.45) is 0 Å². The number of esters is 1. The van der Waals surface area contributed by atoms with Crippen molar-refractivity contribution >= 4 is 11.9 Å². The lowest BCUT2D eigenvalue weighted by atomic mass is 9.96. The summed E-state index contributed by atoms with van der Waals surface area (Å²) >= 11 is 0. The molecule has 1 aliphatic heterocycles. The number of carbonyl (C=O) groups is 2. The number of carbonyl (C=O) groups excluding carboxylic acids is 2. The Morgan fingerprint density at radius 2 is 1.94 bits per heavy atom. The largest absolute Gasteiger partial charge is 0.457 e. The number of hydrogen-bond acceptors (Lipinski definition) is 7. The highest BCUT2D eigenvalue weighted by atomic mass is 16.6. The van der Waals surface area contributed by atoms with Crippen LogP contribution in [0.25, 0.3) is 0 Å². The van der Waals surface area contributed by atoms with Gasteiger partial charge in [0.05, 0.1) is 6.61 Å². The molecule has 0 aromatic carbocycles. The summed E-state index contributed by atoms with van der Waals surface area (Å²) in [6, 6.07) is -1.13. The standard InChI is InChI=1S/C10H17NO7/c1-4(13)11-7-8(15)9(17-5(2)14)6(3-12)18-10(7)16/h6-10,12,15-16H,3H2,1-2H3,(H,11,13)/t6-,7-,8+,9+,10+/m0/s1. The van der Waals surface area contributed by atoms with Crippen molar-refractivity contribution in [2.45, 2.75) is 44.5 Å². The van der Waals surface area contributed by atoms with Crippen LogP contribution >= 0.6 is 0 Å². The molecule has 1 amide bonds. The molecule has 1 fully saturated rings. The van der Waals surface area contributed by atoms with Gasteiger partial charge in [-0.1, -0.05) is 0 Å². The Morgan fingerprint density at radius 3 is 2.39 bits per heavy atom. The van der Waals surface area contributed by atoms with Gasteiger partial charge in [0.1, 0.15) is 18.2 Å². The summed E-state index contributed by atoms with van der Waals surface area (Å²) in [5.41, 5.74) is 0. The lowest BCUT2D eigenvalue weighted by Gasteiger charge is -2.41. The zero-order valence-electron chi connectivity index (χ0n) is 10.1. The van der Waals surface area contributed by atoms with E-state index < -0.39 is 49.1 Å². The third kappa shape index (κ3) is 3.39. The molecule has 0 aliphatic carbocycles. The molecule has 0 radical (unpaired) electrons. The van der Waals surface area contributed by atoms with Gasteiger partial charge in [0.2, 0.25) is 5.91 Å². The van der Waals surface area contributed by atoms with E-state index in [1.54, 1.807) is 0 Å². The first-order valence-electron chi connectivity index (χ1n) is 5.43. The van der Waals surface area contributed by atoms with Gasteiger partial charge < -0.3 is 30.1 Å². The van der Waals surface area contributed by atoms with Crippen LogP contribution in [-0.4, -0.2) is 64.4 Å². The Morgan fingerprint density at radius 1 is 1.33 bits per heavy atom. The lowest BCUT2D eigenvalue weighted by molar-refractivity contribution is -0.259. The molecular weight excluding hydrogens is 246 g/mol. The number of rotatable bonds is 3. The van der Waals surface area contributed by atoms with Crippen molar-refractivity contribution < 1.29 is 34.4 Å². The van der Waals surface area contributed by atoms with Gasteiger partial charge in [0, 0.05) is 13.8 Å². The smallest absolute Gasteiger partial charge is 0.303 e. The minimum atomic E-state index is -1.49. The Labute approximate surface area is 104 Å². The van der Waals surface area contributed by atoms with Crippen molar-refractivity contribution in [2.75, 3.05) is 6.61 Å². The fourth-order valence-corrected chi connectivity index (χ4v) is 1.81. The maximum Gasteiger partial charge on any atom is 0.303 e. The quantitative estimate of drug-likeness (QED) is 0.414. The van der Waals surface area contributed by atoms with Crippen molar-refractivity contribution in [3.63, 3.8) is 0 Å². The molecule has 8 heteroatoms. The summed E-state index contributed by atoms with van der Waals surface area (Å²) in [7, 11) is 0. The molecule has 1 saturated heterocycles.